The predicted molar refractivity (Wildman–Crippen MR) is 107 cm³/mol. The minimum atomic E-state index is -0.311. The highest BCUT2D eigenvalue weighted by atomic mass is 35.5. The van der Waals surface area contributed by atoms with Crippen LogP contribution in [-0.4, -0.2) is 34.8 Å². The molecule has 0 saturated heterocycles. The van der Waals surface area contributed by atoms with E-state index < -0.39 is 0 Å². The zero-order valence-corrected chi connectivity index (χ0v) is 16.2. The lowest BCUT2D eigenvalue weighted by Crippen LogP contribution is -2.06. The molecule has 0 aliphatic carbocycles. The monoisotopic (exact) mass is 407 g/mol. The lowest BCUT2D eigenvalue weighted by Gasteiger charge is -2.07. The van der Waals surface area contributed by atoms with Crippen molar-refractivity contribution in [2.45, 2.75) is 19.9 Å². The first-order valence-corrected chi connectivity index (χ1v) is 9.50. The molecule has 0 N–H and O–H groups in total. The Balaban J connectivity index is 1.74. The summed E-state index contributed by atoms with van der Waals surface area (Å²) in [5, 5.41) is 22.6. The number of benzene rings is 2. The average Bonchev–Trinajstić information content (AvgIpc) is 3.34. The van der Waals surface area contributed by atoms with Gasteiger partial charge in [0, 0.05) is 10.6 Å². The molecule has 0 bridgehead atoms. The molecule has 0 amide bonds. The van der Waals surface area contributed by atoms with Crippen LogP contribution in [0.1, 0.15) is 18.2 Å². The molecule has 0 aliphatic rings. The highest BCUT2D eigenvalue weighted by Gasteiger charge is 2.20. The fraction of sp³-hybridized carbons (Fsp3) is 0.150. The molecule has 3 heterocycles. The van der Waals surface area contributed by atoms with Crippen LogP contribution in [0.25, 0.3) is 28.1 Å². The molecule has 144 valence electrons. The molecular weight excluding hydrogens is 393 g/mol. The van der Waals surface area contributed by atoms with Crippen LogP contribution >= 0.6 is 11.6 Å². The Labute approximate surface area is 169 Å². The minimum Gasteiger partial charge on any atom is -0.236 e. The highest BCUT2D eigenvalue weighted by molar-refractivity contribution is 6.31. The summed E-state index contributed by atoms with van der Waals surface area (Å²) in [6.07, 6.45) is 0.665. The molecule has 0 atom stereocenters. The van der Waals surface area contributed by atoms with E-state index in [1.807, 2.05) is 31.2 Å². The van der Waals surface area contributed by atoms with E-state index in [9.17, 15) is 4.39 Å². The zero-order valence-electron chi connectivity index (χ0n) is 15.4. The van der Waals surface area contributed by atoms with Gasteiger partial charge < -0.3 is 0 Å². The number of hydrogen-bond acceptors (Lipinski definition) is 5. The molecule has 0 aliphatic heterocycles. The average molecular weight is 408 g/mol. The van der Waals surface area contributed by atoms with Crippen LogP contribution in [-0.2, 0) is 13.0 Å². The summed E-state index contributed by atoms with van der Waals surface area (Å²) in [6.45, 7) is 2.44. The van der Waals surface area contributed by atoms with Gasteiger partial charge in [-0.2, -0.15) is 9.61 Å². The maximum Gasteiger partial charge on any atom is 0.205 e. The largest absolute Gasteiger partial charge is 0.236 e. The normalized spacial score (nSPS) is 11.6. The molecule has 5 aromatic rings. The SMILES string of the molecule is CCc1nn2c(-c3ccc(F)cc3)nnc2c2c1nnn2Cc1ccccc1Cl. The predicted octanol–water partition coefficient (Wildman–Crippen LogP) is 3.94. The summed E-state index contributed by atoms with van der Waals surface area (Å²) >= 11 is 6.33. The number of aryl methyl sites for hydroxylation is 1. The molecule has 0 saturated carbocycles. The lowest BCUT2D eigenvalue weighted by molar-refractivity contribution is 0.628. The molecule has 0 unspecified atom stereocenters. The van der Waals surface area contributed by atoms with Gasteiger partial charge in [-0.15, -0.1) is 15.3 Å². The maximum atomic E-state index is 13.3. The van der Waals surface area contributed by atoms with E-state index in [2.05, 4.69) is 25.6 Å². The third-order valence-corrected chi connectivity index (χ3v) is 5.17. The second-order valence-corrected chi connectivity index (χ2v) is 7.01. The summed E-state index contributed by atoms with van der Waals surface area (Å²) in [4.78, 5) is 0. The van der Waals surface area contributed by atoms with Gasteiger partial charge in [-0.25, -0.2) is 9.07 Å². The Hall–Kier alpha value is -3.39. The molecule has 2 aromatic carbocycles. The molecule has 3 aromatic heterocycles. The Morgan fingerprint density at radius 3 is 2.55 bits per heavy atom. The van der Waals surface area contributed by atoms with Gasteiger partial charge in [-0.1, -0.05) is 41.9 Å². The number of rotatable bonds is 4. The molecule has 0 spiro atoms. The first-order chi connectivity index (χ1) is 14.2. The number of hydrogen-bond donors (Lipinski definition) is 0. The molecule has 0 fully saturated rings. The topological polar surface area (TPSA) is 73.8 Å². The maximum absolute atomic E-state index is 13.3. The molecular formula is C20H15ClFN7. The first kappa shape index (κ1) is 17.7. The lowest BCUT2D eigenvalue weighted by atomic mass is 10.2. The zero-order chi connectivity index (χ0) is 20.0. The van der Waals surface area contributed by atoms with Gasteiger partial charge in [0.15, 0.2) is 5.82 Å². The Morgan fingerprint density at radius 2 is 1.79 bits per heavy atom. The highest BCUT2D eigenvalue weighted by Crippen LogP contribution is 2.25. The smallest absolute Gasteiger partial charge is 0.205 e. The van der Waals surface area contributed by atoms with Crippen LogP contribution < -0.4 is 0 Å². The summed E-state index contributed by atoms with van der Waals surface area (Å²) < 4.78 is 16.8. The summed E-state index contributed by atoms with van der Waals surface area (Å²) in [6, 6.07) is 13.7. The first-order valence-electron chi connectivity index (χ1n) is 9.12. The van der Waals surface area contributed by atoms with Crippen molar-refractivity contribution in [3.8, 4) is 11.4 Å². The van der Waals surface area contributed by atoms with Crippen molar-refractivity contribution in [1.82, 2.24) is 34.8 Å². The van der Waals surface area contributed by atoms with Crippen molar-refractivity contribution in [3.63, 3.8) is 0 Å². The van der Waals surface area contributed by atoms with Gasteiger partial charge in [-0.05, 0) is 42.3 Å². The van der Waals surface area contributed by atoms with Gasteiger partial charge in [-0.3, -0.25) is 0 Å². The summed E-state index contributed by atoms with van der Waals surface area (Å²) in [5.41, 5.74) is 4.38. The quantitative estimate of drug-likeness (QED) is 0.451. The third kappa shape index (κ3) is 2.92. The fourth-order valence-corrected chi connectivity index (χ4v) is 3.53. The van der Waals surface area contributed by atoms with E-state index in [4.69, 9.17) is 11.6 Å². The Morgan fingerprint density at radius 1 is 1.00 bits per heavy atom. The molecule has 7 nitrogen and oxygen atoms in total. The van der Waals surface area contributed by atoms with Crippen LogP contribution in [0.3, 0.4) is 0 Å². The molecule has 9 heteroatoms. The fourth-order valence-electron chi connectivity index (χ4n) is 3.33. The van der Waals surface area contributed by atoms with Crippen LogP contribution in [0, 0.1) is 5.82 Å². The van der Waals surface area contributed by atoms with E-state index in [1.165, 1.54) is 12.1 Å². The van der Waals surface area contributed by atoms with Gasteiger partial charge in [0.1, 0.15) is 16.9 Å². The van der Waals surface area contributed by atoms with Crippen molar-refractivity contribution in [2.75, 3.05) is 0 Å². The number of nitrogens with zero attached hydrogens (tertiary/aromatic N) is 7. The van der Waals surface area contributed by atoms with E-state index in [0.29, 0.717) is 35.0 Å². The van der Waals surface area contributed by atoms with Crippen molar-refractivity contribution >= 4 is 28.3 Å². The van der Waals surface area contributed by atoms with Crippen LogP contribution in [0.5, 0.6) is 0 Å². The van der Waals surface area contributed by atoms with Crippen LogP contribution in [0.2, 0.25) is 5.02 Å². The second-order valence-electron chi connectivity index (χ2n) is 6.60. The van der Waals surface area contributed by atoms with Crippen LogP contribution in [0.4, 0.5) is 4.39 Å². The molecule has 5 rings (SSSR count). The second kappa shape index (κ2) is 6.89. The van der Waals surface area contributed by atoms with Gasteiger partial charge in [0.2, 0.25) is 5.65 Å². The minimum absolute atomic E-state index is 0.311. The van der Waals surface area contributed by atoms with Crippen molar-refractivity contribution in [1.29, 1.82) is 0 Å². The molecule has 29 heavy (non-hydrogen) atoms. The van der Waals surface area contributed by atoms with E-state index in [1.54, 1.807) is 21.3 Å². The van der Waals surface area contributed by atoms with Gasteiger partial charge >= 0.3 is 0 Å². The summed E-state index contributed by atoms with van der Waals surface area (Å²) in [7, 11) is 0. The molecule has 0 radical (unpaired) electrons. The van der Waals surface area contributed by atoms with Crippen molar-refractivity contribution in [3.05, 3.63) is 70.6 Å². The third-order valence-electron chi connectivity index (χ3n) is 4.80. The van der Waals surface area contributed by atoms with Crippen molar-refractivity contribution < 1.29 is 4.39 Å². The van der Waals surface area contributed by atoms with Gasteiger partial charge in [0.05, 0.1) is 12.2 Å². The Kier molecular flexibility index (Phi) is 4.21. The number of aromatic nitrogens is 7. The van der Waals surface area contributed by atoms with E-state index in [0.717, 1.165) is 22.3 Å². The van der Waals surface area contributed by atoms with Crippen molar-refractivity contribution in [2.24, 2.45) is 0 Å². The number of fused-ring (bicyclic) bond motifs is 3. The van der Waals surface area contributed by atoms with Crippen LogP contribution in [0.15, 0.2) is 48.5 Å². The standard InChI is InChI=1S/C20H15ClFN7/c1-2-16-17-18(28(27-23-17)11-13-5-3-4-6-15(13)21)20-25-24-19(29(20)26-16)12-7-9-14(22)10-8-12/h3-10H,2,11H2,1H3. The number of halogens is 2. The summed E-state index contributed by atoms with van der Waals surface area (Å²) in [5.74, 6) is 0.219. The van der Waals surface area contributed by atoms with E-state index in [-0.39, 0.29) is 5.82 Å². The van der Waals surface area contributed by atoms with E-state index >= 15 is 0 Å². The Bertz CT molecular complexity index is 1340. The van der Waals surface area contributed by atoms with Gasteiger partial charge in [0.25, 0.3) is 0 Å².